The molecule has 0 saturated carbocycles. The lowest BCUT2D eigenvalue weighted by atomic mass is 10.1. The molecular formula is C11H13F2NO. The second-order valence-corrected chi connectivity index (χ2v) is 3.72. The largest absolute Gasteiger partial charge is 0.487 e. The molecule has 2 nitrogen and oxygen atoms in total. The number of rotatable bonds is 3. The van der Waals surface area contributed by atoms with Crippen LogP contribution in [0.2, 0.25) is 0 Å². The van der Waals surface area contributed by atoms with Gasteiger partial charge in [-0.3, -0.25) is 0 Å². The Kier molecular flexibility index (Phi) is 2.86. The van der Waals surface area contributed by atoms with Crippen molar-refractivity contribution in [1.82, 2.24) is 0 Å². The predicted molar refractivity (Wildman–Crippen MR) is 52.8 cm³/mol. The summed E-state index contributed by atoms with van der Waals surface area (Å²) in [6.45, 7) is 0.590. The summed E-state index contributed by atoms with van der Waals surface area (Å²) in [5.41, 5.74) is 6.12. The molecule has 0 amide bonds. The van der Waals surface area contributed by atoms with Crippen molar-refractivity contribution < 1.29 is 13.5 Å². The summed E-state index contributed by atoms with van der Waals surface area (Å²) < 4.78 is 31.5. The first-order chi connectivity index (χ1) is 7.22. The summed E-state index contributed by atoms with van der Waals surface area (Å²) in [6.07, 6.45) is 2.21. The van der Waals surface area contributed by atoms with Crippen molar-refractivity contribution in [2.24, 2.45) is 5.73 Å². The first-order valence-corrected chi connectivity index (χ1v) is 5.06. The van der Waals surface area contributed by atoms with Crippen LogP contribution in [0.25, 0.3) is 0 Å². The molecule has 1 aromatic carbocycles. The Morgan fingerprint density at radius 1 is 1.40 bits per heavy atom. The number of halogens is 2. The number of hydrogen-bond donors (Lipinski definition) is 1. The Morgan fingerprint density at radius 3 is 2.93 bits per heavy atom. The third-order valence-corrected chi connectivity index (χ3v) is 2.59. The summed E-state index contributed by atoms with van der Waals surface area (Å²) in [7, 11) is 0. The van der Waals surface area contributed by atoms with Gasteiger partial charge in [0, 0.05) is 12.0 Å². The van der Waals surface area contributed by atoms with E-state index in [9.17, 15) is 8.78 Å². The Hall–Kier alpha value is -1.16. The van der Waals surface area contributed by atoms with Crippen LogP contribution in [0.3, 0.4) is 0 Å². The standard InChI is InChI=1S/C11H13F2NO/c12-9-4-3-7-6-8(2-1-5-14)15-11(7)10(9)13/h3-4,8H,1-2,5-6,14H2. The van der Waals surface area contributed by atoms with E-state index < -0.39 is 11.6 Å². The molecule has 1 aliphatic rings. The van der Waals surface area contributed by atoms with E-state index in [-0.39, 0.29) is 11.9 Å². The average Bonchev–Trinajstić information content (AvgIpc) is 2.64. The molecule has 2 N–H and O–H groups in total. The average molecular weight is 213 g/mol. The summed E-state index contributed by atoms with van der Waals surface area (Å²) in [4.78, 5) is 0. The van der Waals surface area contributed by atoms with Crippen LogP contribution in [0.4, 0.5) is 8.78 Å². The van der Waals surface area contributed by atoms with Gasteiger partial charge in [-0.1, -0.05) is 6.07 Å². The molecule has 0 radical (unpaired) electrons. The normalized spacial score (nSPS) is 18.7. The predicted octanol–water partition coefficient (Wildman–Crippen LogP) is 2.01. The van der Waals surface area contributed by atoms with Crippen molar-refractivity contribution in [3.05, 3.63) is 29.3 Å². The summed E-state index contributed by atoms with van der Waals surface area (Å²) >= 11 is 0. The fourth-order valence-corrected chi connectivity index (χ4v) is 1.82. The van der Waals surface area contributed by atoms with Crippen LogP contribution in [0, 0.1) is 11.6 Å². The van der Waals surface area contributed by atoms with Gasteiger partial charge in [-0.2, -0.15) is 4.39 Å². The highest BCUT2D eigenvalue weighted by atomic mass is 19.2. The monoisotopic (exact) mass is 213 g/mol. The molecule has 15 heavy (non-hydrogen) atoms. The molecule has 1 unspecified atom stereocenters. The number of hydrogen-bond acceptors (Lipinski definition) is 2. The molecule has 82 valence electrons. The van der Waals surface area contributed by atoms with Crippen LogP contribution in [-0.2, 0) is 6.42 Å². The van der Waals surface area contributed by atoms with Crippen LogP contribution in [0.15, 0.2) is 12.1 Å². The molecule has 0 aliphatic carbocycles. The molecule has 0 saturated heterocycles. The lowest BCUT2D eigenvalue weighted by Gasteiger charge is -2.09. The number of fused-ring (bicyclic) bond motifs is 1. The van der Waals surface area contributed by atoms with Gasteiger partial charge in [0.1, 0.15) is 6.10 Å². The van der Waals surface area contributed by atoms with Crippen LogP contribution >= 0.6 is 0 Å². The van der Waals surface area contributed by atoms with Gasteiger partial charge in [0.2, 0.25) is 5.82 Å². The van der Waals surface area contributed by atoms with Crippen molar-refractivity contribution in [2.75, 3.05) is 6.54 Å². The van der Waals surface area contributed by atoms with Crippen LogP contribution in [0.1, 0.15) is 18.4 Å². The zero-order valence-corrected chi connectivity index (χ0v) is 8.30. The minimum Gasteiger partial charge on any atom is -0.487 e. The number of nitrogens with two attached hydrogens (primary N) is 1. The summed E-state index contributed by atoms with van der Waals surface area (Å²) in [5.74, 6) is -1.65. The SMILES string of the molecule is NCCCC1Cc2ccc(F)c(F)c2O1. The molecule has 1 heterocycles. The Balaban J connectivity index is 2.13. The highest BCUT2D eigenvalue weighted by Gasteiger charge is 2.26. The van der Waals surface area contributed by atoms with Gasteiger partial charge >= 0.3 is 0 Å². The van der Waals surface area contributed by atoms with Crippen LogP contribution in [-0.4, -0.2) is 12.6 Å². The van der Waals surface area contributed by atoms with Crippen molar-refractivity contribution in [1.29, 1.82) is 0 Å². The quantitative estimate of drug-likeness (QED) is 0.833. The fourth-order valence-electron chi connectivity index (χ4n) is 1.82. The first kappa shape index (κ1) is 10.4. The molecule has 2 rings (SSSR count). The molecular weight excluding hydrogens is 200 g/mol. The van der Waals surface area contributed by atoms with E-state index in [0.29, 0.717) is 13.0 Å². The van der Waals surface area contributed by atoms with Gasteiger partial charge < -0.3 is 10.5 Å². The molecule has 1 aromatic rings. The molecule has 1 aliphatic heterocycles. The van der Waals surface area contributed by atoms with E-state index in [4.69, 9.17) is 10.5 Å². The smallest absolute Gasteiger partial charge is 0.200 e. The first-order valence-electron chi connectivity index (χ1n) is 5.06. The Bertz CT molecular complexity index is 368. The molecule has 0 spiro atoms. The van der Waals surface area contributed by atoms with Gasteiger partial charge in [0.15, 0.2) is 11.6 Å². The van der Waals surface area contributed by atoms with E-state index in [1.165, 1.54) is 0 Å². The Labute approximate surface area is 87.0 Å². The maximum atomic E-state index is 13.3. The van der Waals surface area contributed by atoms with E-state index in [2.05, 4.69) is 0 Å². The van der Waals surface area contributed by atoms with Crippen molar-refractivity contribution in [3.8, 4) is 5.75 Å². The minimum absolute atomic E-state index is 0.0557. The lowest BCUT2D eigenvalue weighted by Crippen LogP contribution is -2.15. The highest BCUT2D eigenvalue weighted by molar-refractivity contribution is 5.39. The number of benzene rings is 1. The molecule has 0 fully saturated rings. The third-order valence-electron chi connectivity index (χ3n) is 2.59. The highest BCUT2D eigenvalue weighted by Crippen LogP contribution is 2.34. The van der Waals surface area contributed by atoms with E-state index >= 15 is 0 Å². The molecule has 4 heteroatoms. The van der Waals surface area contributed by atoms with Gasteiger partial charge in [0.05, 0.1) is 0 Å². The third kappa shape index (κ3) is 1.95. The van der Waals surface area contributed by atoms with E-state index in [0.717, 1.165) is 24.5 Å². The summed E-state index contributed by atoms with van der Waals surface area (Å²) in [5, 5.41) is 0. The number of ether oxygens (including phenoxy) is 1. The van der Waals surface area contributed by atoms with E-state index in [1.54, 1.807) is 6.07 Å². The lowest BCUT2D eigenvalue weighted by molar-refractivity contribution is 0.209. The minimum atomic E-state index is -0.872. The Morgan fingerprint density at radius 2 is 2.20 bits per heavy atom. The topological polar surface area (TPSA) is 35.2 Å². The zero-order valence-electron chi connectivity index (χ0n) is 8.30. The van der Waals surface area contributed by atoms with Crippen LogP contribution < -0.4 is 10.5 Å². The van der Waals surface area contributed by atoms with Crippen molar-refractivity contribution >= 4 is 0 Å². The molecule has 0 aromatic heterocycles. The molecule has 1 atom stereocenters. The van der Waals surface area contributed by atoms with Crippen molar-refractivity contribution in [2.45, 2.75) is 25.4 Å². The van der Waals surface area contributed by atoms with Gasteiger partial charge in [0.25, 0.3) is 0 Å². The maximum Gasteiger partial charge on any atom is 0.200 e. The van der Waals surface area contributed by atoms with Crippen molar-refractivity contribution in [3.63, 3.8) is 0 Å². The van der Waals surface area contributed by atoms with E-state index in [1.807, 2.05) is 0 Å². The molecule has 0 bridgehead atoms. The second kappa shape index (κ2) is 4.14. The van der Waals surface area contributed by atoms with Gasteiger partial charge in [-0.25, -0.2) is 4.39 Å². The maximum absolute atomic E-state index is 13.3. The van der Waals surface area contributed by atoms with Crippen LogP contribution in [0.5, 0.6) is 5.75 Å². The second-order valence-electron chi connectivity index (χ2n) is 3.72. The zero-order chi connectivity index (χ0) is 10.8. The van der Waals surface area contributed by atoms with Gasteiger partial charge in [-0.15, -0.1) is 0 Å². The van der Waals surface area contributed by atoms with Gasteiger partial charge in [-0.05, 0) is 25.5 Å². The fraction of sp³-hybridized carbons (Fsp3) is 0.455. The summed E-state index contributed by atoms with van der Waals surface area (Å²) in [6, 6.07) is 2.72.